The molecule has 0 saturated heterocycles. The highest BCUT2D eigenvalue weighted by atomic mass is 79.9. The van der Waals surface area contributed by atoms with E-state index < -0.39 is 0 Å². The lowest BCUT2D eigenvalue weighted by molar-refractivity contribution is -0.122. The van der Waals surface area contributed by atoms with E-state index in [0.29, 0.717) is 21.6 Å². The van der Waals surface area contributed by atoms with Crippen LogP contribution in [0.3, 0.4) is 0 Å². The minimum atomic E-state index is -0.252. The van der Waals surface area contributed by atoms with Gasteiger partial charge in [0.1, 0.15) is 0 Å². The highest BCUT2D eigenvalue weighted by molar-refractivity contribution is 9.10. The van der Waals surface area contributed by atoms with Crippen LogP contribution < -0.4 is 5.32 Å². The van der Waals surface area contributed by atoms with Gasteiger partial charge in [0.25, 0.3) is 5.91 Å². The summed E-state index contributed by atoms with van der Waals surface area (Å²) >= 11 is 9.40. The van der Waals surface area contributed by atoms with Gasteiger partial charge in [0.15, 0.2) is 0 Å². The second-order valence-electron chi connectivity index (χ2n) is 4.64. The summed E-state index contributed by atoms with van der Waals surface area (Å²) in [5.74, 6) is -0.431. The van der Waals surface area contributed by atoms with Gasteiger partial charge in [0.2, 0.25) is 5.91 Å². The largest absolute Gasteiger partial charge is 0.352 e. The Bertz CT molecular complexity index is 506. The second kappa shape index (κ2) is 7.64. The zero-order valence-electron chi connectivity index (χ0n) is 11.7. The summed E-state index contributed by atoms with van der Waals surface area (Å²) in [4.78, 5) is 25.6. The third kappa shape index (κ3) is 4.49. The molecule has 0 bridgehead atoms. The van der Waals surface area contributed by atoms with Crippen LogP contribution in [0.4, 0.5) is 0 Å². The molecule has 0 saturated carbocycles. The molecular formula is C14H18BrClN2O2. The third-order valence-electron chi connectivity index (χ3n) is 2.64. The van der Waals surface area contributed by atoms with E-state index in [0.717, 1.165) is 0 Å². The van der Waals surface area contributed by atoms with Gasteiger partial charge in [-0.25, -0.2) is 0 Å². The van der Waals surface area contributed by atoms with Gasteiger partial charge in [0, 0.05) is 17.1 Å². The summed E-state index contributed by atoms with van der Waals surface area (Å²) in [5.41, 5.74) is 0.389. The minimum Gasteiger partial charge on any atom is -0.352 e. The first-order valence-electron chi connectivity index (χ1n) is 6.39. The molecule has 1 aromatic carbocycles. The number of amides is 2. The van der Waals surface area contributed by atoms with Gasteiger partial charge >= 0.3 is 0 Å². The van der Waals surface area contributed by atoms with Crippen LogP contribution in [0.5, 0.6) is 0 Å². The lowest BCUT2D eigenvalue weighted by atomic mass is 10.2. The fourth-order valence-corrected chi connectivity index (χ4v) is 2.28. The summed E-state index contributed by atoms with van der Waals surface area (Å²) < 4.78 is 0.660. The van der Waals surface area contributed by atoms with Crippen molar-refractivity contribution < 1.29 is 9.59 Å². The molecule has 1 rings (SSSR count). The van der Waals surface area contributed by atoms with Crippen LogP contribution in [-0.4, -0.2) is 35.8 Å². The van der Waals surface area contributed by atoms with E-state index in [1.807, 2.05) is 20.8 Å². The number of rotatable bonds is 5. The Morgan fingerprint density at radius 2 is 2.05 bits per heavy atom. The van der Waals surface area contributed by atoms with Gasteiger partial charge in [-0.3, -0.25) is 9.59 Å². The van der Waals surface area contributed by atoms with E-state index in [9.17, 15) is 9.59 Å². The third-order valence-corrected chi connectivity index (χ3v) is 3.93. The Morgan fingerprint density at radius 3 is 2.60 bits per heavy atom. The molecule has 0 spiro atoms. The standard InChI is InChI=1S/C14H18BrClN2O2/c1-4-18(8-12(19)17-9(2)3)14(20)10-6-5-7-11(15)13(10)16/h5-7,9H,4,8H2,1-3H3,(H,17,19). The van der Waals surface area contributed by atoms with Crippen molar-refractivity contribution in [2.75, 3.05) is 13.1 Å². The smallest absolute Gasteiger partial charge is 0.255 e. The Labute approximate surface area is 132 Å². The molecule has 0 unspecified atom stereocenters. The zero-order chi connectivity index (χ0) is 15.3. The van der Waals surface area contributed by atoms with Crippen LogP contribution in [0.2, 0.25) is 5.02 Å². The van der Waals surface area contributed by atoms with Crippen molar-refractivity contribution >= 4 is 39.3 Å². The number of likely N-dealkylation sites (N-methyl/N-ethyl adjacent to an activating group) is 1. The van der Waals surface area contributed by atoms with Crippen molar-refractivity contribution in [2.45, 2.75) is 26.8 Å². The lowest BCUT2D eigenvalue weighted by Gasteiger charge is -2.21. The Kier molecular flexibility index (Phi) is 6.49. The second-order valence-corrected chi connectivity index (χ2v) is 5.88. The number of nitrogens with zero attached hydrogens (tertiary/aromatic N) is 1. The van der Waals surface area contributed by atoms with E-state index in [2.05, 4.69) is 21.2 Å². The first-order chi connectivity index (χ1) is 9.36. The number of nitrogens with one attached hydrogen (secondary N) is 1. The number of carbonyl (C=O) groups is 2. The van der Waals surface area contributed by atoms with Crippen molar-refractivity contribution in [1.82, 2.24) is 10.2 Å². The molecule has 0 fully saturated rings. The molecule has 20 heavy (non-hydrogen) atoms. The molecule has 0 aromatic heterocycles. The van der Waals surface area contributed by atoms with Crippen LogP contribution in [0.25, 0.3) is 0 Å². The van der Waals surface area contributed by atoms with Crippen molar-refractivity contribution in [1.29, 1.82) is 0 Å². The molecule has 4 nitrogen and oxygen atoms in total. The van der Waals surface area contributed by atoms with Gasteiger partial charge < -0.3 is 10.2 Å². The fourth-order valence-electron chi connectivity index (χ4n) is 1.71. The maximum Gasteiger partial charge on any atom is 0.255 e. The van der Waals surface area contributed by atoms with Gasteiger partial charge in [-0.1, -0.05) is 17.7 Å². The lowest BCUT2D eigenvalue weighted by Crippen LogP contribution is -2.42. The molecule has 6 heteroatoms. The fraction of sp³-hybridized carbons (Fsp3) is 0.429. The Hall–Kier alpha value is -1.07. The number of hydrogen-bond acceptors (Lipinski definition) is 2. The molecule has 0 atom stereocenters. The molecule has 0 aliphatic heterocycles. The van der Waals surface area contributed by atoms with Crippen molar-refractivity contribution in [3.8, 4) is 0 Å². The SMILES string of the molecule is CCN(CC(=O)NC(C)C)C(=O)c1cccc(Br)c1Cl. The van der Waals surface area contributed by atoms with E-state index in [1.54, 1.807) is 18.2 Å². The molecule has 0 radical (unpaired) electrons. The number of benzene rings is 1. The summed E-state index contributed by atoms with van der Waals surface area (Å²) in [5, 5.41) is 3.13. The topological polar surface area (TPSA) is 49.4 Å². The van der Waals surface area contributed by atoms with Gasteiger partial charge in [-0.05, 0) is 48.8 Å². The summed E-state index contributed by atoms with van der Waals surface area (Å²) in [6, 6.07) is 5.20. The van der Waals surface area contributed by atoms with Gasteiger partial charge in [-0.15, -0.1) is 0 Å². The van der Waals surface area contributed by atoms with Crippen LogP contribution in [-0.2, 0) is 4.79 Å². The van der Waals surface area contributed by atoms with Crippen LogP contribution in [0.15, 0.2) is 22.7 Å². The maximum absolute atomic E-state index is 12.4. The van der Waals surface area contributed by atoms with Gasteiger partial charge in [0.05, 0.1) is 17.1 Å². The summed E-state index contributed by atoms with van der Waals surface area (Å²) in [6.07, 6.45) is 0. The normalized spacial score (nSPS) is 10.5. The number of hydrogen-bond donors (Lipinski definition) is 1. The summed E-state index contributed by atoms with van der Waals surface area (Å²) in [6.45, 7) is 6.04. The predicted octanol–water partition coefficient (Wildman–Crippen LogP) is 3.09. The molecule has 2 amide bonds. The minimum absolute atomic E-state index is 0.0242. The summed E-state index contributed by atoms with van der Waals surface area (Å²) in [7, 11) is 0. The van der Waals surface area contributed by atoms with Crippen molar-refractivity contribution in [3.63, 3.8) is 0 Å². The molecule has 0 aliphatic rings. The van der Waals surface area contributed by atoms with Crippen LogP contribution in [0.1, 0.15) is 31.1 Å². The predicted molar refractivity (Wildman–Crippen MR) is 84.0 cm³/mol. The van der Waals surface area contributed by atoms with E-state index in [1.165, 1.54) is 4.90 Å². The van der Waals surface area contributed by atoms with Crippen LogP contribution >= 0.6 is 27.5 Å². The molecule has 0 heterocycles. The van der Waals surface area contributed by atoms with E-state index in [4.69, 9.17) is 11.6 Å². The Morgan fingerprint density at radius 1 is 1.40 bits per heavy atom. The molecule has 110 valence electrons. The number of halogens is 2. The number of carbonyl (C=O) groups excluding carboxylic acids is 2. The molecular weight excluding hydrogens is 344 g/mol. The van der Waals surface area contributed by atoms with Gasteiger partial charge in [-0.2, -0.15) is 0 Å². The molecule has 0 aliphatic carbocycles. The van der Waals surface area contributed by atoms with E-state index >= 15 is 0 Å². The highest BCUT2D eigenvalue weighted by Gasteiger charge is 2.20. The monoisotopic (exact) mass is 360 g/mol. The first-order valence-corrected chi connectivity index (χ1v) is 7.56. The average Bonchev–Trinajstić information content (AvgIpc) is 2.37. The zero-order valence-corrected chi connectivity index (χ0v) is 14.1. The Balaban J connectivity index is 2.87. The van der Waals surface area contributed by atoms with Crippen LogP contribution in [0, 0.1) is 0 Å². The van der Waals surface area contributed by atoms with Crippen molar-refractivity contribution in [3.05, 3.63) is 33.3 Å². The molecule has 1 N–H and O–H groups in total. The van der Waals surface area contributed by atoms with Crippen molar-refractivity contribution in [2.24, 2.45) is 0 Å². The first kappa shape index (κ1) is 17.0. The van der Waals surface area contributed by atoms with E-state index in [-0.39, 0.29) is 24.4 Å². The maximum atomic E-state index is 12.4. The molecule has 1 aromatic rings. The average molecular weight is 362 g/mol. The quantitative estimate of drug-likeness (QED) is 0.876. The highest BCUT2D eigenvalue weighted by Crippen LogP contribution is 2.26.